The molecule has 0 aliphatic heterocycles. The fraction of sp³-hybridized carbons (Fsp3) is 0.636. The lowest BCUT2D eigenvalue weighted by molar-refractivity contribution is -0.146. The largest absolute Gasteiger partial charge is 0.446 e. The van der Waals surface area contributed by atoms with Crippen molar-refractivity contribution in [1.82, 2.24) is 4.90 Å². The number of rotatable bonds is 6. The minimum atomic E-state index is -0.419. The molecule has 1 aromatic rings. The van der Waals surface area contributed by atoms with Gasteiger partial charge in [-0.3, -0.25) is 9.69 Å². The van der Waals surface area contributed by atoms with Crippen molar-refractivity contribution < 1.29 is 19.1 Å². The highest BCUT2D eigenvalue weighted by Crippen LogP contribution is 2.36. The molecular weight excluding hydrogens is 342 g/mol. The molecule has 1 fully saturated rings. The normalized spacial score (nSPS) is 23.6. The Hall–Kier alpha value is -2.04. The molecule has 1 amide bonds. The van der Waals surface area contributed by atoms with Crippen LogP contribution in [-0.2, 0) is 14.3 Å². The smallest absolute Gasteiger partial charge is 0.413 e. The summed E-state index contributed by atoms with van der Waals surface area (Å²) in [4.78, 5) is 25.8. The van der Waals surface area contributed by atoms with Gasteiger partial charge in [-0.1, -0.05) is 57.5 Å². The zero-order valence-electron chi connectivity index (χ0n) is 17.2. The third-order valence-corrected chi connectivity index (χ3v) is 5.60. The number of benzene rings is 1. The van der Waals surface area contributed by atoms with E-state index in [0.717, 1.165) is 18.4 Å². The number of carbonyl (C=O) groups is 2. The molecule has 0 N–H and O–H groups in total. The SMILES string of the molecule is CC(=O)OCN(C(=O)O[C@@H]1C[C@H](C)CC[C@H]1C(C)C)C(C)c1ccccc1. The van der Waals surface area contributed by atoms with Crippen LogP contribution in [0.25, 0.3) is 0 Å². The van der Waals surface area contributed by atoms with Crippen LogP contribution in [0, 0.1) is 17.8 Å². The summed E-state index contributed by atoms with van der Waals surface area (Å²) in [5, 5.41) is 0. The van der Waals surface area contributed by atoms with Crippen molar-refractivity contribution in [2.24, 2.45) is 17.8 Å². The Balaban J connectivity index is 2.15. The Labute approximate surface area is 163 Å². The minimum Gasteiger partial charge on any atom is -0.446 e. The fourth-order valence-electron chi connectivity index (χ4n) is 3.84. The highest BCUT2D eigenvalue weighted by molar-refractivity contribution is 5.70. The van der Waals surface area contributed by atoms with Crippen molar-refractivity contribution in [3.8, 4) is 0 Å². The number of amides is 1. The van der Waals surface area contributed by atoms with Crippen LogP contribution in [0.5, 0.6) is 0 Å². The lowest BCUT2D eigenvalue weighted by Gasteiger charge is -2.38. The molecule has 0 bridgehead atoms. The van der Waals surface area contributed by atoms with Gasteiger partial charge in [0.15, 0.2) is 6.73 Å². The highest BCUT2D eigenvalue weighted by Gasteiger charge is 2.35. The maximum atomic E-state index is 13.0. The first-order valence-corrected chi connectivity index (χ1v) is 9.95. The predicted octanol–water partition coefficient (Wildman–Crippen LogP) is 5.17. The van der Waals surface area contributed by atoms with E-state index < -0.39 is 12.1 Å². The first-order valence-electron chi connectivity index (χ1n) is 9.95. The third-order valence-electron chi connectivity index (χ3n) is 5.60. The summed E-state index contributed by atoms with van der Waals surface area (Å²) in [7, 11) is 0. The highest BCUT2D eigenvalue weighted by atomic mass is 16.6. The molecule has 1 aromatic carbocycles. The van der Waals surface area contributed by atoms with E-state index >= 15 is 0 Å². The van der Waals surface area contributed by atoms with Crippen molar-refractivity contribution in [3.63, 3.8) is 0 Å². The third kappa shape index (κ3) is 5.98. The van der Waals surface area contributed by atoms with Gasteiger partial charge in [0.25, 0.3) is 0 Å². The van der Waals surface area contributed by atoms with Gasteiger partial charge in [0, 0.05) is 6.92 Å². The van der Waals surface area contributed by atoms with Gasteiger partial charge in [-0.25, -0.2) is 4.79 Å². The average molecular weight is 376 g/mol. The number of esters is 1. The van der Waals surface area contributed by atoms with Crippen molar-refractivity contribution >= 4 is 12.1 Å². The quantitative estimate of drug-likeness (QED) is 0.508. The monoisotopic (exact) mass is 375 g/mol. The molecule has 0 aromatic heterocycles. The molecule has 1 aliphatic rings. The number of carbonyl (C=O) groups excluding carboxylic acids is 2. The van der Waals surface area contributed by atoms with Crippen LogP contribution in [0.1, 0.15) is 65.5 Å². The van der Waals surface area contributed by atoms with Gasteiger partial charge in [0.05, 0.1) is 6.04 Å². The molecule has 5 nitrogen and oxygen atoms in total. The topological polar surface area (TPSA) is 55.8 Å². The van der Waals surface area contributed by atoms with Gasteiger partial charge in [0.1, 0.15) is 6.10 Å². The molecule has 0 saturated heterocycles. The molecule has 1 unspecified atom stereocenters. The van der Waals surface area contributed by atoms with Gasteiger partial charge in [-0.2, -0.15) is 0 Å². The van der Waals surface area contributed by atoms with Crippen molar-refractivity contribution in [3.05, 3.63) is 35.9 Å². The second-order valence-electron chi connectivity index (χ2n) is 8.07. The Morgan fingerprint density at radius 3 is 2.41 bits per heavy atom. The summed E-state index contributed by atoms with van der Waals surface area (Å²) in [6, 6.07) is 9.45. The molecule has 150 valence electrons. The maximum absolute atomic E-state index is 13.0. The second-order valence-corrected chi connectivity index (χ2v) is 8.07. The summed E-state index contributed by atoms with van der Waals surface area (Å²) >= 11 is 0. The van der Waals surface area contributed by atoms with E-state index in [1.54, 1.807) is 0 Å². The Bertz CT molecular complexity index is 616. The van der Waals surface area contributed by atoms with E-state index in [4.69, 9.17) is 9.47 Å². The maximum Gasteiger partial charge on any atom is 0.413 e. The van der Waals surface area contributed by atoms with Crippen LogP contribution in [0.15, 0.2) is 30.3 Å². The summed E-state index contributed by atoms with van der Waals surface area (Å²) < 4.78 is 11.1. The minimum absolute atomic E-state index is 0.0935. The number of hydrogen-bond acceptors (Lipinski definition) is 4. The summed E-state index contributed by atoms with van der Waals surface area (Å²) in [5.41, 5.74) is 0.971. The van der Waals surface area contributed by atoms with E-state index in [9.17, 15) is 9.59 Å². The fourth-order valence-corrected chi connectivity index (χ4v) is 3.84. The Kier molecular flexibility index (Phi) is 7.69. The van der Waals surface area contributed by atoms with Crippen molar-refractivity contribution in [1.29, 1.82) is 0 Å². The van der Waals surface area contributed by atoms with Gasteiger partial charge < -0.3 is 9.47 Å². The standard InChI is InChI=1S/C22H33NO4/c1-15(2)20-12-11-16(3)13-21(20)27-22(25)23(14-26-18(5)24)17(4)19-9-7-6-8-10-19/h6-10,15-17,20-21H,11-14H2,1-5H3/t16-,17?,20+,21-/m1/s1. The summed E-state index contributed by atoms with van der Waals surface area (Å²) in [6.07, 6.45) is 2.63. The molecule has 1 saturated carbocycles. The van der Waals surface area contributed by atoms with E-state index in [-0.39, 0.29) is 18.9 Å². The molecule has 4 atom stereocenters. The van der Waals surface area contributed by atoms with Crippen LogP contribution >= 0.6 is 0 Å². The Morgan fingerprint density at radius 1 is 1.15 bits per heavy atom. The zero-order valence-corrected chi connectivity index (χ0v) is 17.2. The summed E-state index contributed by atoms with van der Waals surface area (Å²) in [6.45, 7) is 9.73. The lowest BCUT2D eigenvalue weighted by Crippen LogP contribution is -2.42. The van der Waals surface area contributed by atoms with Gasteiger partial charge >= 0.3 is 12.1 Å². The van der Waals surface area contributed by atoms with Crippen LogP contribution in [0.4, 0.5) is 4.79 Å². The van der Waals surface area contributed by atoms with Gasteiger partial charge in [0.2, 0.25) is 0 Å². The van der Waals surface area contributed by atoms with Gasteiger partial charge in [-0.05, 0) is 43.1 Å². The molecular formula is C22H33NO4. The van der Waals surface area contributed by atoms with Crippen LogP contribution in [0.2, 0.25) is 0 Å². The van der Waals surface area contributed by atoms with E-state index in [1.807, 2.05) is 37.3 Å². The van der Waals surface area contributed by atoms with Crippen LogP contribution in [0.3, 0.4) is 0 Å². The number of hydrogen-bond donors (Lipinski definition) is 0. The van der Waals surface area contributed by atoms with Crippen molar-refractivity contribution in [2.75, 3.05) is 6.73 Å². The first kappa shape index (κ1) is 21.3. The number of nitrogens with zero attached hydrogens (tertiary/aromatic N) is 1. The predicted molar refractivity (Wildman–Crippen MR) is 105 cm³/mol. The number of ether oxygens (including phenoxy) is 2. The molecule has 0 radical (unpaired) electrons. The lowest BCUT2D eigenvalue weighted by atomic mass is 9.75. The molecule has 0 heterocycles. The van der Waals surface area contributed by atoms with E-state index in [0.29, 0.717) is 17.8 Å². The van der Waals surface area contributed by atoms with E-state index in [2.05, 4.69) is 20.8 Å². The molecule has 2 rings (SSSR count). The second kappa shape index (κ2) is 9.77. The average Bonchev–Trinajstić information content (AvgIpc) is 2.62. The molecule has 0 spiro atoms. The van der Waals surface area contributed by atoms with Crippen LogP contribution < -0.4 is 0 Å². The summed E-state index contributed by atoms with van der Waals surface area (Å²) in [5.74, 6) is 0.960. The zero-order chi connectivity index (χ0) is 20.0. The molecule has 5 heteroatoms. The van der Waals surface area contributed by atoms with Crippen LogP contribution in [-0.4, -0.2) is 29.8 Å². The molecule has 1 aliphatic carbocycles. The van der Waals surface area contributed by atoms with Gasteiger partial charge in [-0.15, -0.1) is 0 Å². The first-order chi connectivity index (χ1) is 12.8. The molecule has 27 heavy (non-hydrogen) atoms. The van der Waals surface area contributed by atoms with E-state index in [1.165, 1.54) is 18.2 Å². The van der Waals surface area contributed by atoms with Crippen molar-refractivity contribution in [2.45, 2.75) is 66.0 Å². The Morgan fingerprint density at radius 2 is 1.81 bits per heavy atom.